The van der Waals surface area contributed by atoms with E-state index < -0.39 is 0 Å². The van der Waals surface area contributed by atoms with Gasteiger partial charge in [0.2, 0.25) is 0 Å². The summed E-state index contributed by atoms with van der Waals surface area (Å²) in [6, 6.07) is 4.19. The number of halogens is 1. The molecule has 0 aliphatic carbocycles. The summed E-state index contributed by atoms with van der Waals surface area (Å²) in [7, 11) is 1.96. The number of aromatic nitrogens is 2. The van der Waals surface area contributed by atoms with Crippen molar-refractivity contribution < 1.29 is 0 Å². The number of hydrogen-bond donors (Lipinski definition) is 1. The van der Waals surface area contributed by atoms with Crippen LogP contribution in [0.25, 0.3) is 5.52 Å². The lowest BCUT2D eigenvalue weighted by Gasteiger charge is -2.03. The topological polar surface area (TPSA) is 29.3 Å². The quantitative estimate of drug-likeness (QED) is 0.905. The van der Waals surface area contributed by atoms with E-state index in [0.717, 1.165) is 17.7 Å². The molecule has 0 saturated heterocycles. The fourth-order valence-corrected chi connectivity index (χ4v) is 1.93. The molecule has 2 aromatic rings. The van der Waals surface area contributed by atoms with Crippen molar-refractivity contribution in [1.82, 2.24) is 14.7 Å². The van der Waals surface area contributed by atoms with Crippen LogP contribution in [0, 0.1) is 0 Å². The van der Waals surface area contributed by atoms with Crippen molar-refractivity contribution in [1.29, 1.82) is 0 Å². The van der Waals surface area contributed by atoms with E-state index in [2.05, 4.69) is 32.3 Å². The Labute approximate surface area is 91.3 Å². The Balaban J connectivity index is 2.44. The Morgan fingerprint density at radius 1 is 1.57 bits per heavy atom. The van der Waals surface area contributed by atoms with E-state index in [0.29, 0.717) is 0 Å². The van der Waals surface area contributed by atoms with Crippen LogP contribution in [0.3, 0.4) is 0 Å². The van der Waals surface area contributed by atoms with Crippen molar-refractivity contribution in [3.63, 3.8) is 0 Å². The van der Waals surface area contributed by atoms with E-state index in [1.807, 2.05) is 29.9 Å². The molecule has 0 aliphatic rings. The molecule has 0 aromatic carbocycles. The van der Waals surface area contributed by atoms with Gasteiger partial charge in [-0.15, -0.1) is 0 Å². The molecule has 2 aromatic heterocycles. The first-order valence-corrected chi connectivity index (χ1v) is 5.37. The zero-order valence-electron chi connectivity index (χ0n) is 8.00. The number of nitrogens with one attached hydrogen (secondary N) is 1. The van der Waals surface area contributed by atoms with Crippen LogP contribution in [0.15, 0.2) is 29.3 Å². The van der Waals surface area contributed by atoms with Gasteiger partial charge in [0.25, 0.3) is 0 Å². The molecule has 0 fully saturated rings. The second-order valence-corrected chi connectivity index (χ2v) is 3.88. The molecule has 74 valence electrons. The van der Waals surface area contributed by atoms with E-state index in [9.17, 15) is 0 Å². The van der Waals surface area contributed by atoms with Crippen molar-refractivity contribution in [2.75, 3.05) is 13.6 Å². The number of rotatable bonds is 3. The highest BCUT2D eigenvalue weighted by molar-refractivity contribution is 9.10. The third-order valence-corrected chi connectivity index (χ3v) is 2.84. The van der Waals surface area contributed by atoms with Crippen LogP contribution in [0.2, 0.25) is 0 Å². The van der Waals surface area contributed by atoms with Crippen LogP contribution in [-0.2, 0) is 6.42 Å². The average molecular weight is 254 g/mol. The molecule has 0 radical (unpaired) electrons. The lowest BCUT2D eigenvalue weighted by molar-refractivity contribution is 0.792. The standard InChI is InChI=1S/C10H12BrN3/c1-12-5-4-8-3-2-6-14-9(8)7-13-10(14)11/h2-3,6-7,12H,4-5H2,1H3. The molecule has 0 unspecified atom stereocenters. The molecule has 0 aliphatic heterocycles. The highest BCUT2D eigenvalue weighted by atomic mass is 79.9. The molecule has 0 bridgehead atoms. The smallest absolute Gasteiger partial charge is 0.181 e. The molecular formula is C10H12BrN3. The van der Waals surface area contributed by atoms with E-state index in [-0.39, 0.29) is 0 Å². The second kappa shape index (κ2) is 4.11. The van der Waals surface area contributed by atoms with Crippen LogP contribution < -0.4 is 5.32 Å². The molecular weight excluding hydrogens is 242 g/mol. The molecule has 2 rings (SSSR count). The van der Waals surface area contributed by atoms with Crippen LogP contribution in [0.1, 0.15) is 5.56 Å². The molecule has 4 heteroatoms. The lowest BCUT2D eigenvalue weighted by atomic mass is 10.2. The van der Waals surface area contributed by atoms with Gasteiger partial charge in [0, 0.05) is 6.20 Å². The molecule has 0 amide bonds. The van der Waals surface area contributed by atoms with Gasteiger partial charge < -0.3 is 5.32 Å². The third kappa shape index (κ3) is 1.67. The Morgan fingerprint density at radius 3 is 3.21 bits per heavy atom. The summed E-state index contributed by atoms with van der Waals surface area (Å²) in [6.45, 7) is 0.989. The van der Waals surface area contributed by atoms with Gasteiger partial charge in [-0.05, 0) is 47.6 Å². The Kier molecular flexibility index (Phi) is 2.84. The van der Waals surface area contributed by atoms with Crippen LogP contribution in [0.5, 0.6) is 0 Å². The Bertz CT molecular complexity index is 436. The first kappa shape index (κ1) is 9.68. The van der Waals surface area contributed by atoms with Gasteiger partial charge in [-0.25, -0.2) is 4.98 Å². The maximum atomic E-state index is 4.22. The summed E-state index contributed by atoms with van der Waals surface area (Å²) < 4.78 is 2.91. The number of nitrogens with zero attached hydrogens (tertiary/aromatic N) is 2. The van der Waals surface area contributed by atoms with Crippen LogP contribution in [0.4, 0.5) is 0 Å². The van der Waals surface area contributed by atoms with Crippen molar-refractivity contribution >= 4 is 21.4 Å². The summed E-state index contributed by atoms with van der Waals surface area (Å²) in [4.78, 5) is 4.22. The number of pyridine rings is 1. The fourth-order valence-electron chi connectivity index (χ4n) is 1.52. The van der Waals surface area contributed by atoms with E-state index in [1.165, 1.54) is 11.1 Å². The van der Waals surface area contributed by atoms with Gasteiger partial charge in [-0.3, -0.25) is 4.40 Å². The molecule has 2 heterocycles. The van der Waals surface area contributed by atoms with Gasteiger partial charge >= 0.3 is 0 Å². The molecule has 3 nitrogen and oxygen atoms in total. The Morgan fingerprint density at radius 2 is 2.43 bits per heavy atom. The number of hydrogen-bond acceptors (Lipinski definition) is 2. The minimum absolute atomic E-state index is 0.860. The summed E-state index contributed by atoms with van der Waals surface area (Å²) in [5.41, 5.74) is 2.50. The van der Waals surface area contributed by atoms with Crippen molar-refractivity contribution in [3.8, 4) is 0 Å². The largest absolute Gasteiger partial charge is 0.319 e. The van der Waals surface area contributed by atoms with Gasteiger partial charge in [0.15, 0.2) is 4.73 Å². The van der Waals surface area contributed by atoms with Crippen LogP contribution >= 0.6 is 15.9 Å². The van der Waals surface area contributed by atoms with Crippen molar-refractivity contribution in [2.45, 2.75) is 6.42 Å². The van der Waals surface area contributed by atoms with Gasteiger partial charge in [-0.2, -0.15) is 0 Å². The molecule has 1 N–H and O–H groups in total. The average Bonchev–Trinajstić information content (AvgIpc) is 2.58. The first-order chi connectivity index (χ1) is 6.83. The maximum absolute atomic E-state index is 4.22. The van der Waals surface area contributed by atoms with Crippen LogP contribution in [-0.4, -0.2) is 23.0 Å². The minimum atomic E-state index is 0.860. The van der Waals surface area contributed by atoms with Crippen molar-refractivity contribution in [2.24, 2.45) is 0 Å². The predicted octanol–water partition coefficient (Wildman–Crippen LogP) is 1.86. The second-order valence-electron chi connectivity index (χ2n) is 3.17. The zero-order valence-corrected chi connectivity index (χ0v) is 9.58. The third-order valence-electron chi connectivity index (χ3n) is 2.26. The van der Waals surface area contributed by atoms with Gasteiger partial charge in [-0.1, -0.05) is 6.07 Å². The zero-order chi connectivity index (χ0) is 9.97. The fraction of sp³-hybridized carbons (Fsp3) is 0.300. The lowest BCUT2D eigenvalue weighted by Crippen LogP contribution is -2.10. The highest BCUT2D eigenvalue weighted by Crippen LogP contribution is 2.16. The molecule has 0 atom stereocenters. The number of likely N-dealkylation sites (N-methyl/N-ethyl adjacent to an activating group) is 1. The normalized spacial score (nSPS) is 11.0. The summed E-state index contributed by atoms with van der Waals surface area (Å²) in [5.74, 6) is 0. The monoisotopic (exact) mass is 253 g/mol. The SMILES string of the molecule is CNCCc1cccn2c(Br)ncc12. The van der Waals surface area contributed by atoms with E-state index in [1.54, 1.807) is 0 Å². The molecule has 0 spiro atoms. The van der Waals surface area contributed by atoms with Gasteiger partial charge in [0.1, 0.15) is 0 Å². The summed E-state index contributed by atoms with van der Waals surface area (Å²) >= 11 is 3.41. The Hall–Kier alpha value is -0.870. The first-order valence-electron chi connectivity index (χ1n) is 4.58. The number of imidazole rings is 1. The number of fused-ring (bicyclic) bond motifs is 1. The molecule has 0 saturated carbocycles. The van der Waals surface area contributed by atoms with E-state index in [4.69, 9.17) is 0 Å². The van der Waals surface area contributed by atoms with Gasteiger partial charge in [0.05, 0.1) is 11.7 Å². The minimum Gasteiger partial charge on any atom is -0.319 e. The highest BCUT2D eigenvalue weighted by Gasteiger charge is 2.03. The summed E-state index contributed by atoms with van der Waals surface area (Å²) in [5, 5.41) is 3.15. The predicted molar refractivity (Wildman–Crippen MR) is 60.5 cm³/mol. The van der Waals surface area contributed by atoms with Crippen molar-refractivity contribution in [3.05, 3.63) is 34.8 Å². The molecule has 14 heavy (non-hydrogen) atoms. The van der Waals surface area contributed by atoms with E-state index >= 15 is 0 Å². The summed E-state index contributed by atoms with van der Waals surface area (Å²) in [6.07, 6.45) is 4.93. The maximum Gasteiger partial charge on any atom is 0.181 e.